The van der Waals surface area contributed by atoms with E-state index < -0.39 is 0 Å². The third-order valence-electron chi connectivity index (χ3n) is 2.45. The van der Waals surface area contributed by atoms with E-state index in [-0.39, 0.29) is 5.78 Å². The summed E-state index contributed by atoms with van der Waals surface area (Å²) in [7, 11) is 3.24. The Balaban J connectivity index is 2.43. The van der Waals surface area contributed by atoms with E-state index in [9.17, 15) is 4.79 Å². The van der Waals surface area contributed by atoms with Crippen molar-refractivity contribution in [1.29, 1.82) is 0 Å². The van der Waals surface area contributed by atoms with Gasteiger partial charge in [-0.2, -0.15) is 5.10 Å². The van der Waals surface area contributed by atoms with Gasteiger partial charge < -0.3 is 4.74 Å². The second-order valence-corrected chi connectivity index (χ2v) is 4.44. The Morgan fingerprint density at radius 3 is 2.59 bits per heavy atom. The zero-order valence-corrected chi connectivity index (χ0v) is 11.1. The quantitative estimate of drug-likeness (QED) is 0.817. The summed E-state index contributed by atoms with van der Waals surface area (Å²) in [6.07, 6.45) is 1.53. The zero-order chi connectivity index (χ0) is 12.4. The second kappa shape index (κ2) is 4.71. The van der Waals surface area contributed by atoms with Crippen molar-refractivity contribution in [2.45, 2.75) is 0 Å². The monoisotopic (exact) mass is 294 g/mol. The molecule has 1 aromatic carbocycles. The summed E-state index contributed by atoms with van der Waals surface area (Å²) in [5, 5.41) is 4.01. The van der Waals surface area contributed by atoms with Crippen LogP contribution in [0.2, 0.25) is 0 Å². The second-order valence-electron chi connectivity index (χ2n) is 3.52. The summed E-state index contributed by atoms with van der Waals surface area (Å²) in [5.74, 6) is 0.384. The van der Waals surface area contributed by atoms with Crippen LogP contribution >= 0.6 is 15.9 Å². The van der Waals surface area contributed by atoms with Crippen molar-refractivity contribution in [2.75, 3.05) is 7.11 Å². The Kier molecular flexibility index (Phi) is 3.28. The molecule has 0 unspecified atom stereocenters. The lowest BCUT2D eigenvalue weighted by Gasteiger charge is -2.04. The van der Waals surface area contributed by atoms with Crippen LogP contribution in [0, 0.1) is 0 Å². The molecule has 0 saturated carbocycles. The third-order valence-corrected chi connectivity index (χ3v) is 2.98. The van der Waals surface area contributed by atoms with Gasteiger partial charge >= 0.3 is 0 Å². The lowest BCUT2D eigenvalue weighted by molar-refractivity contribution is 0.102. The molecule has 0 amide bonds. The SMILES string of the molecule is COc1cnn(C)c1C(=O)c1ccc(Br)cc1. The normalized spacial score (nSPS) is 10.3. The van der Waals surface area contributed by atoms with Gasteiger partial charge in [-0.25, -0.2) is 0 Å². The van der Waals surface area contributed by atoms with Crippen LogP contribution in [0.1, 0.15) is 16.1 Å². The van der Waals surface area contributed by atoms with Crippen LogP contribution in [0.3, 0.4) is 0 Å². The van der Waals surface area contributed by atoms with Gasteiger partial charge in [0.1, 0.15) is 0 Å². The van der Waals surface area contributed by atoms with Crippen molar-refractivity contribution in [3.05, 3.63) is 46.2 Å². The fourth-order valence-electron chi connectivity index (χ4n) is 1.56. The molecule has 0 aliphatic heterocycles. The number of aromatic nitrogens is 2. The number of methoxy groups -OCH3 is 1. The van der Waals surface area contributed by atoms with Crippen LogP contribution in [-0.2, 0) is 7.05 Å². The highest BCUT2D eigenvalue weighted by Gasteiger charge is 2.18. The minimum absolute atomic E-state index is 0.102. The minimum Gasteiger partial charge on any atom is -0.493 e. The average Bonchev–Trinajstić information content (AvgIpc) is 2.70. The molecule has 0 fully saturated rings. The molecule has 1 heterocycles. The summed E-state index contributed by atoms with van der Waals surface area (Å²) in [5.41, 5.74) is 1.06. The number of nitrogens with zero attached hydrogens (tertiary/aromatic N) is 2. The number of carbonyl (C=O) groups is 1. The van der Waals surface area contributed by atoms with Crippen molar-refractivity contribution in [1.82, 2.24) is 9.78 Å². The summed E-state index contributed by atoms with van der Waals surface area (Å²) in [6.45, 7) is 0. The van der Waals surface area contributed by atoms with Crippen LogP contribution in [0.15, 0.2) is 34.9 Å². The number of ketones is 1. The Morgan fingerprint density at radius 2 is 2.00 bits per heavy atom. The smallest absolute Gasteiger partial charge is 0.214 e. The fraction of sp³-hybridized carbons (Fsp3) is 0.167. The Labute approximate surface area is 107 Å². The Bertz CT molecular complexity index is 546. The first kappa shape index (κ1) is 11.9. The van der Waals surface area contributed by atoms with Crippen LogP contribution in [-0.4, -0.2) is 22.7 Å². The molecule has 0 atom stereocenters. The molecule has 17 heavy (non-hydrogen) atoms. The van der Waals surface area contributed by atoms with E-state index in [4.69, 9.17) is 4.74 Å². The van der Waals surface area contributed by atoms with E-state index in [2.05, 4.69) is 21.0 Å². The van der Waals surface area contributed by atoms with Gasteiger partial charge in [-0.05, 0) is 24.3 Å². The van der Waals surface area contributed by atoms with Gasteiger partial charge in [-0.15, -0.1) is 0 Å². The first-order valence-corrected chi connectivity index (χ1v) is 5.79. The minimum atomic E-state index is -0.102. The summed E-state index contributed by atoms with van der Waals surface area (Å²) in [4.78, 5) is 12.3. The Morgan fingerprint density at radius 1 is 1.35 bits per heavy atom. The molecular weight excluding hydrogens is 284 g/mol. The topological polar surface area (TPSA) is 44.1 Å². The van der Waals surface area contributed by atoms with E-state index in [1.54, 1.807) is 19.2 Å². The number of aryl methyl sites for hydroxylation is 1. The number of ether oxygens (including phenoxy) is 1. The van der Waals surface area contributed by atoms with Gasteiger partial charge in [-0.3, -0.25) is 9.48 Å². The maximum Gasteiger partial charge on any atom is 0.214 e. The van der Waals surface area contributed by atoms with E-state index in [1.807, 2.05) is 12.1 Å². The summed E-state index contributed by atoms with van der Waals surface area (Å²) in [6, 6.07) is 7.18. The van der Waals surface area contributed by atoms with Crippen LogP contribution in [0.25, 0.3) is 0 Å². The molecule has 0 aliphatic rings. The highest BCUT2D eigenvalue weighted by molar-refractivity contribution is 9.10. The average molecular weight is 295 g/mol. The maximum atomic E-state index is 12.3. The maximum absolute atomic E-state index is 12.3. The van der Waals surface area contributed by atoms with Crippen molar-refractivity contribution < 1.29 is 9.53 Å². The molecule has 1 aromatic heterocycles. The number of rotatable bonds is 3. The number of hydrogen-bond acceptors (Lipinski definition) is 3. The molecule has 0 radical (unpaired) electrons. The van der Waals surface area contributed by atoms with Crippen LogP contribution < -0.4 is 4.74 Å². The molecule has 0 aliphatic carbocycles. The molecule has 0 N–H and O–H groups in total. The number of hydrogen-bond donors (Lipinski definition) is 0. The predicted octanol–water partition coefficient (Wildman–Crippen LogP) is 2.42. The zero-order valence-electron chi connectivity index (χ0n) is 9.48. The standard InChI is InChI=1S/C12H11BrN2O2/c1-15-11(10(17-2)7-14-15)12(16)8-3-5-9(13)6-4-8/h3-7H,1-2H3. The molecule has 0 bridgehead atoms. The predicted molar refractivity (Wildman–Crippen MR) is 67.3 cm³/mol. The van der Waals surface area contributed by atoms with Crippen molar-refractivity contribution >= 4 is 21.7 Å². The highest BCUT2D eigenvalue weighted by atomic mass is 79.9. The van der Waals surface area contributed by atoms with Gasteiger partial charge in [0, 0.05) is 17.1 Å². The van der Waals surface area contributed by atoms with Crippen LogP contribution in [0.4, 0.5) is 0 Å². The van der Waals surface area contributed by atoms with Gasteiger partial charge in [0.05, 0.1) is 13.3 Å². The van der Waals surface area contributed by atoms with Crippen LogP contribution in [0.5, 0.6) is 5.75 Å². The molecule has 2 rings (SSSR count). The summed E-state index contributed by atoms with van der Waals surface area (Å²) >= 11 is 3.33. The first-order chi connectivity index (χ1) is 8.13. The molecule has 88 valence electrons. The van der Waals surface area contributed by atoms with Gasteiger partial charge in [0.2, 0.25) is 5.78 Å². The first-order valence-electron chi connectivity index (χ1n) is 4.99. The molecule has 0 spiro atoms. The molecular formula is C12H11BrN2O2. The fourth-order valence-corrected chi connectivity index (χ4v) is 1.83. The van der Waals surface area contributed by atoms with Crippen molar-refractivity contribution in [3.63, 3.8) is 0 Å². The largest absolute Gasteiger partial charge is 0.493 e. The van der Waals surface area contributed by atoms with Gasteiger partial charge in [0.15, 0.2) is 11.4 Å². The van der Waals surface area contributed by atoms with E-state index in [0.29, 0.717) is 17.0 Å². The van der Waals surface area contributed by atoms with E-state index in [0.717, 1.165) is 4.47 Å². The van der Waals surface area contributed by atoms with E-state index in [1.165, 1.54) is 18.0 Å². The molecule has 2 aromatic rings. The Hall–Kier alpha value is -1.62. The molecule has 0 saturated heterocycles. The number of carbonyl (C=O) groups excluding carboxylic acids is 1. The third kappa shape index (κ3) is 2.24. The summed E-state index contributed by atoms with van der Waals surface area (Å²) < 4.78 is 7.57. The molecule has 5 heteroatoms. The number of halogens is 1. The van der Waals surface area contributed by atoms with E-state index >= 15 is 0 Å². The molecule has 4 nitrogen and oxygen atoms in total. The lowest BCUT2D eigenvalue weighted by atomic mass is 10.1. The highest BCUT2D eigenvalue weighted by Crippen LogP contribution is 2.21. The lowest BCUT2D eigenvalue weighted by Crippen LogP contribution is -2.09. The van der Waals surface area contributed by atoms with Crippen molar-refractivity contribution in [3.8, 4) is 5.75 Å². The van der Waals surface area contributed by atoms with Crippen molar-refractivity contribution in [2.24, 2.45) is 7.05 Å². The van der Waals surface area contributed by atoms with Gasteiger partial charge in [-0.1, -0.05) is 15.9 Å². The van der Waals surface area contributed by atoms with Gasteiger partial charge in [0.25, 0.3) is 0 Å². The number of benzene rings is 1.